The summed E-state index contributed by atoms with van der Waals surface area (Å²) in [7, 11) is 0. The lowest BCUT2D eigenvalue weighted by molar-refractivity contribution is 0.442. The fraction of sp³-hybridized carbons (Fsp3) is 0. The smallest absolute Gasteiger partial charge is 0.166 e. The maximum atomic E-state index is 13.5. The van der Waals surface area contributed by atoms with Crippen molar-refractivity contribution in [1.29, 1.82) is 0 Å². The van der Waals surface area contributed by atoms with Crippen molar-refractivity contribution in [3.63, 3.8) is 0 Å². The van der Waals surface area contributed by atoms with Gasteiger partial charge in [-0.3, -0.25) is 0 Å². The molecule has 82 valence electrons. The Morgan fingerprint density at radius 3 is 2.62 bits per heavy atom. The highest BCUT2D eigenvalue weighted by Gasteiger charge is 2.05. The van der Waals surface area contributed by atoms with Crippen LogP contribution in [0.3, 0.4) is 0 Å². The highest BCUT2D eigenvalue weighted by molar-refractivity contribution is 9.10. The Labute approximate surface area is 101 Å². The number of nitrogens with two attached hydrogens (primary N) is 1. The number of halogens is 2. The van der Waals surface area contributed by atoms with Crippen LogP contribution in [0.15, 0.2) is 46.9 Å². The fourth-order valence-corrected chi connectivity index (χ4v) is 1.60. The van der Waals surface area contributed by atoms with Gasteiger partial charge in [0.2, 0.25) is 0 Å². The second kappa shape index (κ2) is 4.53. The van der Waals surface area contributed by atoms with Crippen LogP contribution in [0.5, 0.6) is 11.5 Å². The second-order valence-corrected chi connectivity index (χ2v) is 4.16. The van der Waals surface area contributed by atoms with E-state index in [1.165, 1.54) is 6.07 Å². The molecule has 0 saturated heterocycles. The third-order valence-electron chi connectivity index (χ3n) is 1.98. The van der Waals surface area contributed by atoms with Crippen molar-refractivity contribution < 1.29 is 9.13 Å². The molecule has 2 N–H and O–H groups in total. The van der Waals surface area contributed by atoms with Gasteiger partial charge < -0.3 is 10.5 Å². The number of nitrogen functional groups attached to an aromatic ring is 1. The molecule has 0 amide bonds. The Hall–Kier alpha value is -1.55. The summed E-state index contributed by atoms with van der Waals surface area (Å²) in [4.78, 5) is 0. The first-order valence-electron chi connectivity index (χ1n) is 4.63. The number of hydrogen-bond acceptors (Lipinski definition) is 2. The normalized spacial score (nSPS) is 10.1. The van der Waals surface area contributed by atoms with Gasteiger partial charge in [0.05, 0.1) is 0 Å². The van der Waals surface area contributed by atoms with Crippen LogP contribution in [-0.2, 0) is 0 Å². The topological polar surface area (TPSA) is 35.2 Å². The number of anilines is 1. The largest absolute Gasteiger partial charge is 0.454 e. The van der Waals surface area contributed by atoms with Crippen molar-refractivity contribution >= 4 is 21.6 Å². The van der Waals surface area contributed by atoms with Crippen LogP contribution >= 0.6 is 15.9 Å². The first-order valence-corrected chi connectivity index (χ1v) is 5.43. The van der Waals surface area contributed by atoms with Gasteiger partial charge in [0.25, 0.3) is 0 Å². The zero-order valence-electron chi connectivity index (χ0n) is 8.28. The number of benzene rings is 2. The van der Waals surface area contributed by atoms with E-state index < -0.39 is 5.82 Å². The summed E-state index contributed by atoms with van der Waals surface area (Å²) >= 11 is 3.18. The lowest BCUT2D eigenvalue weighted by Crippen LogP contribution is -1.90. The summed E-state index contributed by atoms with van der Waals surface area (Å²) in [5, 5.41) is 0. The van der Waals surface area contributed by atoms with Crippen LogP contribution in [0.4, 0.5) is 10.1 Å². The predicted molar refractivity (Wildman–Crippen MR) is 65.0 cm³/mol. The molecule has 0 aliphatic rings. The number of rotatable bonds is 2. The Morgan fingerprint density at radius 2 is 1.94 bits per heavy atom. The maximum Gasteiger partial charge on any atom is 0.166 e. The number of hydrogen-bond donors (Lipinski definition) is 1. The molecule has 0 unspecified atom stereocenters. The van der Waals surface area contributed by atoms with E-state index in [1.54, 1.807) is 36.4 Å². The molecule has 0 aliphatic heterocycles. The summed E-state index contributed by atoms with van der Waals surface area (Å²) in [5.41, 5.74) is 6.17. The summed E-state index contributed by atoms with van der Waals surface area (Å²) in [6, 6.07) is 11.5. The number of ether oxygens (including phenoxy) is 1. The van der Waals surface area contributed by atoms with E-state index in [1.807, 2.05) is 0 Å². The summed E-state index contributed by atoms with van der Waals surface area (Å²) in [6.07, 6.45) is 0. The van der Waals surface area contributed by atoms with E-state index in [9.17, 15) is 4.39 Å². The highest BCUT2D eigenvalue weighted by atomic mass is 79.9. The first kappa shape index (κ1) is 11.0. The molecule has 0 aliphatic carbocycles. The Morgan fingerprint density at radius 1 is 1.12 bits per heavy atom. The molecule has 0 spiro atoms. The average molecular weight is 282 g/mol. The molecule has 0 atom stereocenters. The van der Waals surface area contributed by atoms with Gasteiger partial charge in [-0.15, -0.1) is 0 Å². The minimum Gasteiger partial charge on any atom is -0.454 e. The van der Waals surface area contributed by atoms with Gasteiger partial charge in [0, 0.05) is 16.2 Å². The van der Waals surface area contributed by atoms with Gasteiger partial charge in [-0.2, -0.15) is 0 Å². The molecule has 0 fully saturated rings. The van der Waals surface area contributed by atoms with Crippen LogP contribution in [0.25, 0.3) is 0 Å². The summed E-state index contributed by atoms with van der Waals surface area (Å²) in [5.74, 6) is 0.270. The van der Waals surface area contributed by atoms with Crippen LogP contribution in [0.2, 0.25) is 0 Å². The molecular formula is C12H9BrFNO. The van der Waals surface area contributed by atoms with E-state index in [4.69, 9.17) is 10.5 Å². The molecule has 2 nitrogen and oxygen atoms in total. The molecule has 2 aromatic rings. The van der Waals surface area contributed by atoms with Crippen molar-refractivity contribution in [2.24, 2.45) is 0 Å². The van der Waals surface area contributed by atoms with Crippen LogP contribution in [0, 0.1) is 5.82 Å². The van der Waals surface area contributed by atoms with Crippen molar-refractivity contribution in [3.05, 3.63) is 52.8 Å². The van der Waals surface area contributed by atoms with Gasteiger partial charge in [-0.25, -0.2) is 4.39 Å². The van der Waals surface area contributed by atoms with E-state index in [0.717, 1.165) is 0 Å². The molecule has 2 aromatic carbocycles. The lowest BCUT2D eigenvalue weighted by Gasteiger charge is -2.07. The molecule has 16 heavy (non-hydrogen) atoms. The maximum absolute atomic E-state index is 13.5. The van der Waals surface area contributed by atoms with Crippen LogP contribution < -0.4 is 10.5 Å². The zero-order valence-corrected chi connectivity index (χ0v) is 9.87. The fourth-order valence-electron chi connectivity index (χ4n) is 1.26. The Kier molecular flexibility index (Phi) is 3.10. The van der Waals surface area contributed by atoms with Crippen molar-refractivity contribution in [2.45, 2.75) is 0 Å². The summed E-state index contributed by atoms with van der Waals surface area (Å²) in [6.45, 7) is 0. The predicted octanol–water partition coefficient (Wildman–Crippen LogP) is 3.96. The van der Waals surface area contributed by atoms with E-state index >= 15 is 0 Å². The van der Waals surface area contributed by atoms with E-state index in [2.05, 4.69) is 15.9 Å². The SMILES string of the molecule is Nc1cccc(Oc2ccc(Br)cc2F)c1. The summed E-state index contributed by atoms with van der Waals surface area (Å²) < 4.78 is 19.5. The average Bonchev–Trinajstić information content (AvgIpc) is 2.22. The quantitative estimate of drug-likeness (QED) is 0.846. The highest BCUT2D eigenvalue weighted by Crippen LogP contribution is 2.27. The van der Waals surface area contributed by atoms with Crippen molar-refractivity contribution in [3.8, 4) is 11.5 Å². The van der Waals surface area contributed by atoms with Crippen LogP contribution in [0.1, 0.15) is 0 Å². The third kappa shape index (κ3) is 2.52. The van der Waals surface area contributed by atoms with Crippen LogP contribution in [-0.4, -0.2) is 0 Å². The van der Waals surface area contributed by atoms with Gasteiger partial charge in [-0.1, -0.05) is 22.0 Å². The Balaban J connectivity index is 2.27. The van der Waals surface area contributed by atoms with Gasteiger partial charge in [0.1, 0.15) is 5.75 Å². The monoisotopic (exact) mass is 281 g/mol. The van der Waals surface area contributed by atoms with Crippen molar-refractivity contribution in [1.82, 2.24) is 0 Å². The van der Waals surface area contributed by atoms with Gasteiger partial charge >= 0.3 is 0 Å². The Bertz CT molecular complexity index is 516. The van der Waals surface area contributed by atoms with Gasteiger partial charge in [-0.05, 0) is 30.3 Å². The molecule has 0 saturated carbocycles. The molecular weight excluding hydrogens is 273 g/mol. The molecule has 0 bridgehead atoms. The molecule has 4 heteroatoms. The van der Waals surface area contributed by atoms with Crippen molar-refractivity contribution in [2.75, 3.05) is 5.73 Å². The first-order chi connectivity index (χ1) is 7.65. The molecule has 0 heterocycles. The minimum absolute atomic E-state index is 0.175. The minimum atomic E-state index is -0.420. The molecule has 2 rings (SSSR count). The lowest BCUT2D eigenvalue weighted by atomic mass is 10.3. The zero-order chi connectivity index (χ0) is 11.5. The standard InChI is InChI=1S/C12H9BrFNO/c13-8-4-5-12(11(14)6-8)16-10-3-1-2-9(15)7-10/h1-7H,15H2. The molecule has 0 radical (unpaired) electrons. The van der Waals surface area contributed by atoms with E-state index in [0.29, 0.717) is 15.9 Å². The molecule has 0 aromatic heterocycles. The van der Waals surface area contributed by atoms with Gasteiger partial charge in [0.15, 0.2) is 11.6 Å². The van der Waals surface area contributed by atoms with E-state index in [-0.39, 0.29) is 5.75 Å². The third-order valence-corrected chi connectivity index (χ3v) is 2.47. The second-order valence-electron chi connectivity index (χ2n) is 3.25.